The van der Waals surface area contributed by atoms with Gasteiger partial charge in [0, 0.05) is 18.7 Å². The molecule has 108 valence electrons. The highest BCUT2D eigenvalue weighted by atomic mass is 32.2. The standard InChI is InChI=1S/C12H14N2O5S/c1-13(11(15)7-20-8-12(16)17)6-9-4-2-3-5-10(9)14(18)19/h2-5H,6-8H2,1H3,(H,16,17). The van der Waals surface area contributed by atoms with Crippen LogP contribution in [0.5, 0.6) is 0 Å². The van der Waals surface area contributed by atoms with E-state index in [0.717, 1.165) is 11.8 Å². The van der Waals surface area contributed by atoms with Crippen LogP contribution in [-0.4, -0.2) is 45.4 Å². The number of rotatable bonds is 7. The first-order valence-corrected chi connectivity index (χ1v) is 6.83. The van der Waals surface area contributed by atoms with E-state index in [2.05, 4.69) is 0 Å². The Hall–Kier alpha value is -2.09. The van der Waals surface area contributed by atoms with Crippen LogP contribution < -0.4 is 0 Å². The molecule has 20 heavy (non-hydrogen) atoms. The second-order valence-corrected chi connectivity index (χ2v) is 5.01. The highest BCUT2D eigenvalue weighted by molar-refractivity contribution is 8.00. The van der Waals surface area contributed by atoms with Crippen LogP contribution >= 0.6 is 11.8 Å². The summed E-state index contributed by atoms with van der Waals surface area (Å²) < 4.78 is 0. The Labute approximate surface area is 119 Å². The van der Waals surface area contributed by atoms with Crippen LogP contribution in [0.15, 0.2) is 24.3 Å². The van der Waals surface area contributed by atoms with Crippen LogP contribution in [-0.2, 0) is 16.1 Å². The molecule has 0 aliphatic heterocycles. The fourth-order valence-corrected chi connectivity index (χ4v) is 2.17. The van der Waals surface area contributed by atoms with Gasteiger partial charge in [0.2, 0.25) is 5.91 Å². The van der Waals surface area contributed by atoms with Gasteiger partial charge in [-0.3, -0.25) is 19.7 Å². The molecule has 1 aromatic rings. The summed E-state index contributed by atoms with van der Waals surface area (Å²) in [6, 6.07) is 6.20. The zero-order valence-corrected chi connectivity index (χ0v) is 11.6. The van der Waals surface area contributed by atoms with Gasteiger partial charge in [-0.2, -0.15) is 0 Å². The number of nitro groups is 1. The van der Waals surface area contributed by atoms with Gasteiger partial charge in [0.25, 0.3) is 5.69 Å². The summed E-state index contributed by atoms with van der Waals surface area (Å²) in [5.74, 6) is -1.37. The van der Waals surface area contributed by atoms with Crippen LogP contribution in [0.3, 0.4) is 0 Å². The zero-order valence-electron chi connectivity index (χ0n) is 10.8. The quantitative estimate of drug-likeness (QED) is 0.602. The van der Waals surface area contributed by atoms with Gasteiger partial charge < -0.3 is 10.0 Å². The highest BCUT2D eigenvalue weighted by Crippen LogP contribution is 2.19. The normalized spacial score (nSPS) is 10.1. The van der Waals surface area contributed by atoms with Crippen LogP contribution in [0.2, 0.25) is 0 Å². The molecule has 1 rings (SSSR count). The molecule has 0 radical (unpaired) electrons. The van der Waals surface area contributed by atoms with Crippen molar-refractivity contribution in [1.29, 1.82) is 0 Å². The number of hydrogen-bond acceptors (Lipinski definition) is 5. The number of hydrogen-bond donors (Lipinski definition) is 1. The van der Waals surface area contributed by atoms with E-state index in [1.165, 1.54) is 18.0 Å². The summed E-state index contributed by atoms with van der Waals surface area (Å²) in [6.07, 6.45) is 0. The number of para-hydroxylation sites is 1. The van der Waals surface area contributed by atoms with E-state index in [4.69, 9.17) is 5.11 Å². The minimum absolute atomic E-state index is 0.0312. The number of carbonyl (C=O) groups is 2. The van der Waals surface area contributed by atoms with Crippen molar-refractivity contribution in [2.24, 2.45) is 0 Å². The third kappa shape index (κ3) is 4.88. The van der Waals surface area contributed by atoms with E-state index in [1.807, 2.05) is 0 Å². The molecule has 0 aliphatic rings. The maximum absolute atomic E-state index is 11.8. The highest BCUT2D eigenvalue weighted by Gasteiger charge is 2.16. The number of nitro benzene ring substituents is 1. The van der Waals surface area contributed by atoms with Crippen molar-refractivity contribution < 1.29 is 19.6 Å². The largest absolute Gasteiger partial charge is 0.481 e. The summed E-state index contributed by atoms with van der Waals surface area (Å²) in [5, 5.41) is 19.3. The smallest absolute Gasteiger partial charge is 0.313 e. The van der Waals surface area contributed by atoms with Gasteiger partial charge in [-0.25, -0.2) is 0 Å². The van der Waals surface area contributed by atoms with E-state index in [0.29, 0.717) is 5.56 Å². The maximum atomic E-state index is 11.8. The van der Waals surface area contributed by atoms with Crippen molar-refractivity contribution in [3.63, 3.8) is 0 Å². The van der Waals surface area contributed by atoms with Gasteiger partial charge in [0.05, 0.1) is 23.0 Å². The molecule has 1 aromatic carbocycles. The molecule has 8 heteroatoms. The summed E-state index contributed by atoms with van der Waals surface area (Å²) >= 11 is 0.994. The molecule has 0 aromatic heterocycles. The molecule has 0 fully saturated rings. The van der Waals surface area contributed by atoms with Crippen LogP contribution in [0.1, 0.15) is 5.56 Å². The van der Waals surface area contributed by atoms with Crippen molar-refractivity contribution in [3.8, 4) is 0 Å². The summed E-state index contributed by atoms with van der Waals surface area (Å²) in [6.45, 7) is 0.115. The molecule has 1 amide bonds. The van der Waals surface area contributed by atoms with Gasteiger partial charge >= 0.3 is 5.97 Å². The third-order valence-electron chi connectivity index (χ3n) is 2.47. The predicted molar refractivity (Wildman–Crippen MR) is 74.5 cm³/mol. The van der Waals surface area contributed by atoms with Gasteiger partial charge in [0.15, 0.2) is 0 Å². The van der Waals surface area contributed by atoms with Gasteiger partial charge in [-0.1, -0.05) is 18.2 Å². The minimum Gasteiger partial charge on any atom is -0.481 e. The summed E-state index contributed by atoms with van der Waals surface area (Å²) in [5.41, 5.74) is 0.405. The second kappa shape index (κ2) is 7.49. The first-order valence-electron chi connectivity index (χ1n) is 5.67. The lowest BCUT2D eigenvalue weighted by atomic mass is 10.1. The lowest BCUT2D eigenvalue weighted by Gasteiger charge is -2.16. The summed E-state index contributed by atoms with van der Waals surface area (Å²) in [7, 11) is 1.53. The number of nitrogens with zero attached hydrogens (tertiary/aromatic N) is 2. The molecule has 0 bridgehead atoms. The molecule has 0 saturated carbocycles. The Morgan fingerprint density at radius 1 is 1.35 bits per heavy atom. The number of carbonyl (C=O) groups excluding carboxylic acids is 1. The first kappa shape index (κ1) is 16.0. The molecule has 1 N–H and O–H groups in total. The Bertz CT molecular complexity index is 520. The average molecular weight is 298 g/mol. The Kier molecular flexibility index (Phi) is 5.98. The average Bonchev–Trinajstić information content (AvgIpc) is 2.38. The van der Waals surface area contributed by atoms with Gasteiger partial charge in [0.1, 0.15) is 0 Å². The predicted octanol–water partition coefficient (Wildman–Crippen LogP) is 1.37. The molecule has 0 atom stereocenters. The van der Waals surface area contributed by atoms with E-state index in [-0.39, 0.29) is 29.6 Å². The molecule has 0 aliphatic carbocycles. The fourth-order valence-electron chi connectivity index (χ4n) is 1.50. The van der Waals surface area contributed by atoms with E-state index in [9.17, 15) is 19.7 Å². The van der Waals surface area contributed by atoms with Crippen molar-refractivity contribution in [2.45, 2.75) is 6.54 Å². The summed E-state index contributed by atoms with van der Waals surface area (Å²) in [4.78, 5) is 33.8. The number of carboxylic acid groups (broad SMARTS) is 1. The van der Waals surface area contributed by atoms with Crippen LogP contribution in [0.25, 0.3) is 0 Å². The molecule has 7 nitrogen and oxygen atoms in total. The third-order valence-corrected chi connectivity index (χ3v) is 3.37. The Morgan fingerprint density at radius 3 is 2.60 bits per heavy atom. The van der Waals surface area contributed by atoms with Crippen molar-refractivity contribution in [1.82, 2.24) is 4.90 Å². The zero-order chi connectivity index (χ0) is 15.1. The molecular formula is C12H14N2O5S. The number of aliphatic carboxylic acids is 1. The van der Waals surface area contributed by atoms with Crippen LogP contribution in [0, 0.1) is 10.1 Å². The van der Waals surface area contributed by atoms with E-state index < -0.39 is 10.9 Å². The molecular weight excluding hydrogens is 284 g/mol. The van der Waals surface area contributed by atoms with Crippen molar-refractivity contribution in [3.05, 3.63) is 39.9 Å². The van der Waals surface area contributed by atoms with Crippen molar-refractivity contribution >= 4 is 29.3 Å². The number of carboxylic acids is 1. The SMILES string of the molecule is CN(Cc1ccccc1[N+](=O)[O-])C(=O)CSCC(=O)O. The molecule has 0 spiro atoms. The Balaban J connectivity index is 2.61. The maximum Gasteiger partial charge on any atom is 0.313 e. The Morgan fingerprint density at radius 2 is 2.00 bits per heavy atom. The molecule has 0 unspecified atom stereocenters. The van der Waals surface area contributed by atoms with Gasteiger partial charge in [-0.05, 0) is 0 Å². The van der Waals surface area contributed by atoms with Gasteiger partial charge in [-0.15, -0.1) is 11.8 Å². The molecule has 0 heterocycles. The lowest BCUT2D eigenvalue weighted by molar-refractivity contribution is -0.385. The number of benzene rings is 1. The first-order chi connectivity index (χ1) is 9.41. The fraction of sp³-hybridized carbons (Fsp3) is 0.333. The number of thioether (sulfide) groups is 1. The minimum atomic E-state index is -0.982. The number of amides is 1. The second-order valence-electron chi connectivity index (χ2n) is 4.02. The lowest BCUT2D eigenvalue weighted by Crippen LogP contribution is -2.28. The van der Waals surface area contributed by atoms with E-state index >= 15 is 0 Å². The van der Waals surface area contributed by atoms with Crippen molar-refractivity contribution in [2.75, 3.05) is 18.6 Å². The molecule has 0 saturated heterocycles. The van der Waals surface area contributed by atoms with Crippen LogP contribution in [0.4, 0.5) is 5.69 Å². The topological polar surface area (TPSA) is 101 Å². The monoisotopic (exact) mass is 298 g/mol. The van der Waals surface area contributed by atoms with E-state index in [1.54, 1.807) is 18.2 Å².